The van der Waals surface area contributed by atoms with Crippen molar-refractivity contribution in [2.45, 2.75) is 25.8 Å². The van der Waals surface area contributed by atoms with Crippen molar-refractivity contribution in [1.82, 2.24) is 9.62 Å². The van der Waals surface area contributed by atoms with Gasteiger partial charge in [0.25, 0.3) is 0 Å². The summed E-state index contributed by atoms with van der Waals surface area (Å²) in [6.07, 6.45) is 2.78. The van der Waals surface area contributed by atoms with Crippen LogP contribution in [0.1, 0.15) is 18.9 Å². The van der Waals surface area contributed by atoms with Gasteiger partial charge in [-0.15, -0.1) is 0 Å². The number of aryl methyl sites for hydroxylation is 1. The van der Waals surface area contributed by atoms with Gasteiger partial charge in [-0.2, -0.15) is 4.31 Å². The van der Waals surface area contributed by atoms with Crippen LogP contribution in [0.4, 0.5) is 0 Å². The van der Waals surface area contributed by atoms with Crippen LogP contribution in [0.5, 0.6) is 0 Å². The second-order valence-electron chi connectivity index (χ2n) is 5.01. The van der Waals surface area contributed by atoms with Gasteiger partial charge in [-0.3, -0.25) is 4.79 Å². The van der Waals surface area contributed by atoms with Crippen LogP contribution in [-0.4, -0.2) is 44.5 Å². The fourth-order valence-electron chi connectivity index (χ4n) is 1.74. The van der Waals surface area contributed by atoms with Crippen LogP contribution in [-0.2, 0) is 21.2 Å². The van der Waals surface area contributed by atoms with E-state index in [0.29, 0.717) is 0 Å². The van der Waals surface area contributed by atoms with E-state index in [1.54, 1.807) is 0 Å². The number of rotatable bonds is 7. The molecule has 5 nitrogen and oxygen atoms in total. The molecule has 1 amide bonds. The third-order valence-corrected chi connectivity index (χ3v) is 4.31. The molecule has 0 aromatic heterocycles. The topological polar surface area (TPSA) is 66.5 Å². The second-order valence-corrected chi connectivity index (χ2v) is 7.10. The van der Waals surface area contributed by atoms with Crippen molar-refractivity contribution < 1.29 is 13.2 Å². The van der Waals surface area contributed by atoms with Gasteiger partial charge in [0.15, 0.2) is 0 Å². The van der Waals surface area contributed by atoms with Crippen molar-refractivity contribution in [3.63, 3.8) is 0 Å². The van der Waals surface area contributed by atoms with Crippen LogP contribution in [0.25, 0.3) is 0 Å². The largest absolute Gasteiger partial charge is 0.352 e. The summed E-state index contributed by atoms with van der Waals surface area (Å²) in [6.45, 7) is 1.77. The van der Waals surface area contributed by atoms with Crippen molar-refractivity contribution in [3.8, 4) is 0 Å². The predicted molar refractivity (Wildman–Crippen MR) is 79.8 cm³/mol. The van der Waals surface area contributed by atoms with E-state index in [4.69, 9.17) is 0 Å². The molecule has 20 heavy (non-hydrogen) atoms. The Kier molecular flexibility index (Phi) is 6.16. The molecule has 0 saturated heterocycles. The van der Waals surface area contributed by atoms with Gasteiger partial charge in [0.05, 0.1) is 12.8 Å². The van der Waals surface area contributed by atoms with Gasteiger partial charge >= 0.3 is 0 Å². The molecule has 0 saturated carbocycles. The van der Waals surface area contributed by atoms with Crippen molar-refractivity contribution in [2.24, 2.45) is 0 Å². The smallest absolute Gasteiger partial charge is 0.235 e. The zero-order valence-corrected chi connectivity index (χ0v) is 13.0. The quantitative estimate of drug-likeness (QED) is 0.817. The summed E-state index contributed by atoms with van der Waals surface area (Å²) in [7, 11) is -1.92. The lowest BCUT2D eigenvalue weighted by atomic mass is 10.1. The Morgan fingerprint density at radius 2 is 1.90 bits per heavy atom. The van der Waals surface area contributed by atoms with Gasteiger partial charge in [-0.25, -0.2) is 8.42 Å². The number of nitrogens with one attached hydrogen (secondary N) is 1. The maximum atomic E-state index is 11.7. The highest BCUT2D eigenvalue weighted by Gasteiger charge is 2.16. The molecule has 0 aliphatic rings. The lowest BCUT2D eigenvalue weighted by Crippen LogP contribution is -2.41. The van der Waals surface area contributed by atoms with E-state index in [2.05, 4.69) is 5.32 Å². The first-order valence-corrected chi connectivity index (χ1v) is 8.38. The predicted octanol–water partition coefficient (Wildman–Crippen LogP) is 1.02. The number of benzene rings is 1. The van der Waals surface area contributed by atoms with E-state index in [9.17, 15) is 13.2 Å². The lowest BCUT2D eigenvalue weighted by molar-refractivity contribution is -0.121. The normalized spacial score (nSPS) is 13.2. The van der Waals surface area contributed by atoms with Crippen molar-refractivity contribution >= 4 is 15.9 Å². The van der Waals surface area contributed by atoms with E-state index in [-0.39, 0.29) is 18.5 Å². The zero-order valence-electron chi connectivity index (χ0n) is 12.2. The first-order chi connectivity index (χ1) is 9.29. The highest BCUT2D eigenvalue weighted by atomic mass is 32.2. The third-order valence-electron chi connectivity index (χ3n) is 3.05. The number of amides is 1. The molecule has 1 aromatic carbocycles. The fraction of sp³-hybridized carbons (Fsp3) is 0.500. The molecule has 0 aliphatic carbocycles. The molecule has 0 heterocycles. The molecule has 1 rings (SSSR count). The van der Waals surface area contributed by atoms with E-state index < -0.39 is 10.0 Å². The Balaban J connectivity index is 2.35. The number of likely N-dealkylation sites (N-methyl/N-ethyl adjacent to an activating group) is 1. The molecule has 0 spiro atoms. The fourth-order valence-corrected chi connectivity index (χ4v) is 2.09. The van der Waals surface area contributed by atoms with E-state index >= 15 is 0 Å². The minimum atomic E-state index is -3.32. The first kappa shape index (κ1) is 16.7. The van der Waals surface area contributed by atoms with Gasteiger partial charge < -0.3 is 5.32 Å². The second kappa shape index (κ2) is 7.40. The van der Waals surface area contributed by atoms with Crippen LogP contribution < -0.4 is 5.32 Å². The molecule has 1 atom stereocenters. The molecule has 6 heteroatoms. The molecule has 112 valence electrons. The maximum Gasteiger partial charge on any atom is 0.235 e. The number of nitrogens with zero attached hydrogens (tertiary/aromatic N) is 1. The molecule has 1 unspecified atom stereocenters. The molecule has 0 fully saturated rings. The molecule has 0 aliphatic heterocycles. The Morgan fingerprint density at radius 3 is 2.45 bits per heavy atom. The Bertz CT molecular complexity index is 529. The maximum absolute atomic E-state index is 11.7. The average molecular weight is 298 g/mol. The van der Waals surface area contributed by atoms with E-state index in [1.807, 2.05) is 37.3 Å². The summed E-state index contributed by atoms with van der Waals surface area (Å²) in [6, 6.07) is 10.0. The van der Waals surface area contributed by atoms with Gasteiger partial charge in [-0.05, 0) is 25.3 Å². The summed E-state index contributed by atoms with van der Waals surface area (Å²) in [5.74, 6) is -0.279. The zero-order chi connectivity index (χ0) is 15.2. The van der Waals surface area contributed by atoms with Crippen LogP contribution >= 0.6 is 0 Å². The molecule has 0 radical (unpaired) electrons. The first-order valence-electron chi connectivity index (χ1n) is 6.53. The summed E-state index contributed by atoms with van der Waals surface area (Å²) in [4.78, 5) is 11.7. The highest BCUT2D eigenvalue weighted by Crippen LogP contribution is 2.04. The molecule has 1 N–H and O–H groups in total. The van der Waals surface area contributed by atoms with Crippen LogP contribution in [0.3, 0.4) is 0 Å². The van der Waals surface area contributed by atoms with Gasteiger partial charge in [0.2, 0.25) is 15.9 Å². The number of carbonyl (C=O) groups is 1. The van der Waals surface area contributed by atoms with E-state index in [1.165, 1.54) is 12.6 Å². The summed E-state index contributed by atoms with van der Waals surface area (Å²) in [5.41, 5.74) is 1.22. The molecular weight excluding hydrogens is 276 g/mol. The van der Waals surface area contributed by atoms with Gasteiger partial charge in [0.1, 0.15) is 0 Å². The van der Waals surface area contributed by atoms with E-state index in [0.717, 1.165) is 23.4 Å². The van der Waals surface area contributed by atoms with Crippen molar-refractivity contribution in [2.75, 3.05) is 19.8 Å². The molecule has 1 aromatic rings. The Labute approximate surface area is 121 Å². The molecular formula is C14H22N2O3S. The molecule has 0 bridgehead atoms. The van der Waals surface area contributed by atoms with Gasteiger partial charge in [-0.1, -0.05) is 30.3 Å². The number of sulfonamides is 1. The summed E-state index contributed by atoms with van der Waals surface area (Å²) >= 11 is 0. The minimum absolute atomic E-state index is 0.00988. The minimum Gasteiger partial charge on any atom is -0.352 e. The van der Waals surface area contributed by atoms with Crippen LogP contribution in [0.2, 0.25) is 0 Å². The number of carbonyl (C=O) groups excluding carboxylic acids is 1. The monoisotopic (exact) mass is 298 g/mol. The average Bonchev–Trinajstić information content (AvgIpc) is 2.36. The lowest BCUT2D eigenvalue weighted by Gasteiger charge is -2.17. The van der Waals surface area contributed by atoms with Crippen molar-refractivity contribution in [1.29, 1.82) is 0 Å². The summed E-state index contributed by atoms with van der Waals surface area (Å²) in [5, 5.41) is 2.81. The number of hydrogen-bond donors (Lipinski definition) is 1. The standard InChI is InChI=1S/C14H22N2O3S/c1-12(9-10-13-7-5-4-6-8-13)15-14(17)11-16(2)20(3,18)19/h4-8,12H,9-11H2,1-3H3,(H,15,17). The Morgan fingerprint density at radius 1 is 1.30 bits per heavy atom. The summed E-state index contributed by atoms with van der Waals surface area (Å²) < 4.78 is 23.5. The van der Waals surface area contributed by atoms with Crippen LogP contribution in [0.15, 0.2) is 30.3 Å². The number of hydrogen-bond acceptors (Lipinski definition) is 3. The van der Waals surface area contributed by atoms with Crippen LogP contribution in [0, 0.1) is 0 Å². The SMILES string of the molecule is CC(CCc1ccccc1)NC(=O)CN(C)S(C)(=O)=O. The van der Waals surface area contributed by atoms with Gasteiger partial charge in [0, 0.05) is 13.1 Å². The highest BCUT2D eigenvalue weighted by molar-refractivity contribution is 7.88. The van der Waals surface area contributed by atoms with Crippen molar-refractivity contribution in [3.05, 3.63) is 35.9 Å². The Hall–Kier alpha value is -1.40. The third kappa shape index (κ3) is 6.16.